The number of hydrogen-bond acceptors (Lipinski definition) is 7. The third-order valence-electron chi connectivity index (χ3n) is 5.00. The van der Waals surface area contributed by atoms with E-state index in [0.717, 1.165) is 16.5 Å². The van der Waals surface area contributed by atoms with Gasteiger partial charge in [0.2, 0.25) is 17.7 Å². The van der Waals surface area contributed by atoms with Crippen LogP contribution in [-0.4, -0.2) is 39.4 Å². The van der Waals surface area contributed by atoms with Crippen LogP contribution < -0.4 is 16.2 Å². The van der Waals surface area contributed by atoms with E-state index < -0.39 is 0 Å². The van der Waals surface area contributed by atoms with Gasteiger partial charge in [0.1, 0.15) is 0 Å². The maximum absolute atomic E-state index is 12.1. The zero-order chi connectivity index (χ0) is 22.3. The lowest BCUT2D eigenvalue weighted by Crippen LogP contribution is -2.26. The van der Waals surface area contributed by atoms with Crippen molar-refractivity contribution in [1.82, 2.24) is 25.7 Å². The Morgan fingerprint density at radius 3 is 2.62 bits per heavy atom. The molecule has 4 rings (SSSR count). The van der Waals surface area contributed by atoms with Crippen LogP contribution in [0.15, 0.2) is 57.7 Å². The number of hydrogen-bond donors (Lipinski definition) is 3. The van der Waals surface area contributed by atoms with Crippen molar-refractivity contribution in [3.05, 3.63) is 70.3 Å². The van der Waals surface area contributed by atoms with Crippen molar-refractivity contribution in [3.8, 4) is 11.5 Å². The summed E-state index contributed by atoms with van der Waals surface area (Å²) in [6, 6.07) is 15.1. The topological polar surface area (TPSA) is 126 Å². The van der Waals surface area contributed by atoms with Gasteiger partial charge in [-0.15, -0.1) is 10.2 Å². The molecule has 9 nitrogen and oxygen atoms in total. The number of fused-ring (bicyclic) bond motifs is 1. The van der Waals surface area contributed by atoms with E-state index in [9.17, 15) is 9.59 Å². The number of anilines is 1. The lowest BCUT2D eigenvalue weighted by Gasteiger charge is -2.08. The molecule has 1 amide bonds. The molecular formula is C23H24N6O3. The Labute approximate surface area is 184 Å². The van der Waals surface area contributed by atoms with Crippen LogP contribution in [0.25, 0.3) is 22.2 Å². The van der Waals surface area contributed by atoms with E-state index >= 15 is 0 Å². The van der Waals surface area contributed by atoms with Crippen molar-refractivity contribution in [1.29, 1.82) is 0 Å². The van der Waals surface area contributed by atoms with E-state index in [1.807, 2.05) is 49.4 Å². The highest BCUT2D eigenvalue weighted by atomic mass is 16.4. The van der Waals surface area contributed by atoms with Crippen molar-refractivity contribution in [3.63, 3.8) is 0 Å². The molecule has 9 heteroatoms. The Morgan fingerprint density at radius 2 is 1.81 bits per heavy atom. The van der Waals surface area contributed by atoms with Crippen LogP contribution in [0, 0.1) is 6.92 Å². The minimum Gasteiger partial charge on any atom is -0.421 e. The molecule has 0 aliphatic heterocycles. The van der Waals surface area contributed by atoms with E-state index in [0.29, 0.717) is 48.9 Å². The molecule has 0 atom stereocenters. The Bertz CT molecular complexity index is 1260. The number of aryl methyl sites for hydroxylation is 2. The van der Waals surface area contributed by atoms with Crippen LogP contribution in [0.5, 0.6) is 0 Å². The lowest BCUT2D eigenvalue weighted by atomic mass is 10.1. The molecule has 164 valence electrons. The summed E-state index contributed by atoms with van der Waals surface area (Å²) in [5.41, 5.74) is 1.80. The quantitative estimate of drug-likeness (QED) is 0.347. The van der Waals surface area contributed by atoms with E-state index in [1.54, 1.807) is 6.07 Å². The summed E-state index contributed by atoms with van der Waals surface area (Å²) in [5, 5.41) is 22.1. The van der Waals surface area contributed by atoms with Crippen LogP contribution >= 0.6 is 0 Å². The molecule has 0 fully saturated rings. The van der Waals surface area contributed by atoms with Gasteiger partial charge in [0, 0.05) is 36.9 Å². The summed E-state index contributed by atoms with van der Waals surface area (Å²) < 4.78 is 5.65. The summed E-state index contributed by atoms with van der Waals surface area (Å²) >= 11 is 0. The fourth-order valence-electron chi connectivity index (χ4n) is 3.25. The third-order valence-corrected chi connectivity index (χ3v) is 5.00. The molecule has 0 radical (unpaired) electrons. The van der Waals surface area contributed by atoms with Crippen molar-refractivity contribution >= 4 is 22.5 Å². The Hall–Kier alpha value is -4.01. The highest BCUT2D eigenvalue weighted by molar-refractivity contribution is 5.90. The van der Waals surface area contributed by atoms with Crippen LogP contribution in [0.1, 0.15) is 24.3 Å². The molecule has 32 heavy (non-hydrogen) atoms. The molecular weight excluding hydrogens is 408 g/mol. The van der Waals surface area contributed by atoms with E-state index in [1.165, 1.54) is 0 Å². The summed E-state index contributed by atoms with van der Waals surface area (Å²) in [6.45, 7) is 3.14. The van der Waals surface area contributed by atoms with Gasteiger partial charge in [0.15, 0.2) is 5.82 Å². The fourth-order valence-corrected chi connectivity index (χ4v) is 3.25. The molecule has 2 heterocycles. The van der Waals surface area contributed by atoms with Gasteiger partial charge in [0.05, 0.1) is 5.39 Å². The number of aromatic nitrogens is 4. The molecule has 0 spiro atoms. The van der Waals surface area contributed by atoms with Gasteiger partial charge in [-0.05, 0) is 31.5 Å². The summed E-state index contributed by atoms with van der Waals surface area (Å²) in [4.78, 5) is 23.9. The lowest BCUT2D eigenvalue weighted by molar-refractivity contribution is -0.121. The summed E-state index contributed by atoms with van der Waals surface area (Å²) in [5.74, 6) is 1.43. The van der Waals surface area contributed by atoms with Gasteiger partial charge in [0.25, 0.3) is 5.56 Å². The largest absolute Gasteiger partial charge is 0.421 e. The molecule has 0 saturated heterocycles. The van der Waals surface area contributed by atoms with Gasteiger partial charge in [-0.2, -0.15) is 5.10 Å². The zero-order valence-electron chi connectivity index (χ0n) is 17.7. The van der Waals surface area contributed by atoms with Gasteiger partial charge >= 0.3 is 0 Å². The zero-order valence-corrected chi connectivity index (χ0v) is 17.7. The minimum absolute atomic E-state index is 0.0762. The first-order chi connectivity index (χ1) is 15.6. The van der Waals surface area contributed by atoms with Crippen LogP contribution in [0.4, 0.5) is 5.82 Å². The van der Waals surface area contributed by atoms with E-state index in [4.69, 9.17) is 4.42 Å². The maximum atomic E-state index is 12.1. The Morgan fingerprint density at radius 1 is 1.03 bits per heavy atom. The summed E-state index contributed by atoms with van der Waals surface area (Å²) in [7, 11) is 0. The highest BCUT2D eigenvalue weighted by Gasteiger charge is 2.10. The van der Waals surface area contributed by atoms with Crippen molar-refractivity contribution in [2.24, 2.45) is 0 Å². The van der Waals surface area contributed by atoms with Gasteiger partial charge in [-0.3, -0.25) is 9.59 Å². The van der Waals surface area contributed by atoms with Crippen molar-refractivity contribution in [2.75, 3.05) is 18.4 Å². The number of amides is 1. The number of H-pyrrole nitrogens is 1. The molecule has 0 aliphatic rings. The molecule has 0 aliphatic carbocycles. The number of nitrogens with zero attached hydrogens (tertiary/aromatic N) is 3. The molecule has 2 aromatic heterocycles. The fraction of sp³-hybridized carbons (Fsp3) is 0.261. The van der Waals surface area contributed by atoms with E-state index in [2.05, 4.69) is 31.0 Å². The molecule has 3 N–H and O–H groups in total. The smallest absolute Gasteiger partial charge is 0.272 e. The molecule has 0 bridgehead atoms. The first-order valence-electron chi connectivity index (χ1n) is 10.5. The van der Waals surface area contributed by atoms with Gasteiger partial charge in [-0.1, -0.05) is 35.9 Å². The number of carbonyl (C=O) groups is 1. The number of aromatic amines is 1. The van der Waals surface area contributed by atoms with E-state index in [-0.39, 0.29) is 17.9 Å². The Kier molecular flexibility index (Phi) is 6.54. The van der Waals surface area contributed by atoms with Crippen molar-refractivity contribution < 1.29 is 9.21 Å². The number of benzene rings is 2. The first kappa shape index (κ1) is 21.2. The number of nitrogens with one attached hydrogen (secondary N) is 3. The number of rotatable bonds is 9. The first-order valence-corrected chi connectivity index (χ1v) is 10.5. The normalized spacial score (nSPS) is 10.9. The third kappa shape index (κ3) is 5.18. The highest BCUT2D eigenvalue weighted by Crippen LogP contribution is 2.19. The summed E-state index contributed by atoms with van der Waals surface area (Å²) in [6.07, 6.45) is 1.37. The second-order valence-electron chi connectivity index (χ2n) is 7.44. The SMILES string of the molecule is Cc1ccc(-c2nnc(CCC(=O)NCCCNc3n[nH]c(=O)c4ccccc34)o2)cc1. The average molecular weight is 432 g/mol. The molecule has 0 unspecified atom stereocenters. The van der Waals surface area contributed by atoms with Crippen molar-refractivity contribution in [2.45, 2.75) is 26.2 Å². The predicted octanol–water partition coefficient (Wildman–Crippen LogP) is 2.83. The maximum Gasteiger partial charge on any atom is 0.272 e. The average Bonchev–Trinajstić information content (AvgIpc) is 3.28. The second-order valence-corrected chi connectivity index (χ2v) is 7.44. The molecule has 4 aromatic rings. The second kappa shape index (κ2) is 9.86. The number of carbonyl (C=O) groups excluding carboxylic acids is 1. The van der Waals surface area contributed by atoms with Gasteiger partial charge < -0.3 is 15.1 Å². The molecule has 0 saturated carbocycles. The van der Waals surface area contributed by atoms with Crippen LogP contribution in [0.2, 0.25) is 0 Å². The predicted molar refractivity (Wildman–Crippen MR) is 121 cm³/mol. The molecule has 2 aromatic carbocycles. The van der Waals surface area contributed by atoms with Crippen LogP contribution in [-0.2, 0) is 11.2 Å². The minimum atomic E-state index is -0.217. The monoisotopic (exact) mass is 432 g/mol. The van der Waals surface area contributed by atoms with Gasteiger partial charge in [-0.25, -0.2) is 5.10 Å². The standard InChI is InChI=1S/C23H24N6O3/c1-15-7-9-16(10-8-15)23-29-26-20(32-23)12-11-19(30)24-13-4-14-25-21-17-5-2-3-6-18(17)22(31)28-27-21/h2-3,5-10H,4,11-14H2,1H3,(H,24,30)(H,25,27)(H,28,31). The van der Waals surface area contributed by atoms with Crippen LogP contribution in [0.3, 0.4) is 0 Å². The Balaban J connectivity index is 1.18.